The van der Waals surface area contributed by atoms with Crippen LogP contribution in [0.25, 0.3) is 0 Å². The number of Topliss-reactive ketones (excluding diaryl/α,β-unsaturated/α-hetero) is 1. The first-order valence-corrected chi connectivity index (χ1v) is 19.3. The lowest BCUT2D eigenvalue weighted by Gasteiger charge is -2.43. The summed E-state index contributed by atoms with van der Waals surface area (Å²) < 4.78 is 19.5. The van der Waals surface area contributed by atoms with Gasteiger partial charge < -0.3 is 24.4 Å². The van der Waals surface area contributed by atoms with Gasteiger partial charge in [0.1, 0.15) is 11.4 Å². The summed E-state index contributed by atoms with van der Waals surface area (Å²) in [6, 6.07) is 0. The van der Waals surface area contributed by atoms with Gasteiger partial charge in [0.25, 0.3) is 0 Å². The van der Waals surface area contributed by atoms with Gasteiger partial charge in [0.2, 0.25) is 6.29 Å². The average molecular weight is 693 g/mol. The number of carboxylic acids is 1. The van der Waals surface area contributed by atoms with E-state index in [1.165, 1.54) is 0 Å². The molecule has 49 heavy (non-hydrogen) atoms. The van der Waals surface area contributed by atoms with Gasteiger partial charge in [0, 0.05) is 17.8 Å². The zero-order chi connectivity index (χ0) is 36.6. The van der Waals surface area contributed by atoms with Crippen LogP contribution in [0.15, 0.2) is 23.3 Å². The van der Waals surface area contributed by atoms with Crippen LogP contribution < -0.4 is 0 Å². The predicted octanol–water partition coefficient (Wildman–Crippen LogP) is 8.23. The fourth-order valence-corrected chi connectivity index (χ4v) is 8.26. The van der Waals surface area contributed by atoms with Crippen LogP contribution in [0.2, 0.25) is 0 Å². The topological polar surface area (TPSA) is 121 Å². The molecule has 2 saturated heterocycles. The second-order valence-corrected chi connectivity index (χ2v) is 15.6. The standard InChI is InChI=1S/C40H68O9/c1-12-16-31(38(43)44)32-21-19-23(5)36(46-32)27(9)34(41)26(8)35(42)30(14-3)37-24(6)17-18-25(7)39(47-37)48-49-40(11,15-4)33-22-20-29(13-2)28(10)45-33/h16,18,23-24,26-30,32-34,36-37,39,41H,12-15,17,19-22H2,1-11H3,(H,43,44)/t23-,24-,26-,27-,28-,29?,30-,32?,33+,34+,36+,37?,39-,40-/m0/s1. The van der Waals surface area contributed by atoms with Crippen molar-refractivity contribution in [3.8, 4) is 0 Å². The number of ketones is 1. The molecule has 3 unspecified atom stereocenters. The Labute approximate surface area is 296 Å². The maximum atomic E-state index is 14.3. The number of hydrogen-bond donors (Lipinski definition) is 2. The monoisotopic (exact) mass is 692 g/mol. The molecule has 3 aliphatic heterocycles. The number of aliphatic hydroxyl groups is 1. The Morgan fingerprint density at radius 3 is 2.27 bits per heavy atom. The lowest BCUT2D eigenvalue weighted by molar-refractivity contribution is -0.434. The molecule has 3 rings (SSSR count). The van der Waals surface area contributed by atoms with Crippen molar-refractivity contribution in [1.29, 1.82) is 0 Å². The van der Waals surface area contributed by atoms with Gasteiger partial charge >= 0.3 is 5.97 Å². The summed E-state index contributed by atoms with van der Waals surface area (Å²) >= 11 is 0. The molecule has 2 fully saturated rings. The first-order valence-electron chi connectivity index (χ1n) is 19.3. The van der Waals surface area contributed by atoms with Crippen molar-refractivity contribution >= 4 is 11.8 Å². The maximum absolute atomic E-state index is 14.3. The third-order valence-corrected chi connectivity index (χ3v) is 12.1. The van der Waals surface area contributed by atoms with Crippen LogP contribution in [-0.2, 0) is 33.6 Å². The van der Waals surface area contributed by atoms with E-state index in [1.54, 1.807) is 13.0 Å². The first kappa shape index (κ1) is 41.8. The Hall–Kier alpha value is -1.62. The number of ether oxygens (including phenoxy) is 3. The molecule has 0 aromatic rings. The van der Waals surface area contributed by atoms with Gasteiger partial charge in [-0.3, -0.25) is 4.79 Å². The molecule has 282 valence electrons. The highest BCUT2D eigenvalue weighted by atomic mass is 17.2. The zero-order valence-corrected chi connectivity index (χ0v) is 32.3. The van der Waals surface area contributed by atoms with Crippen LogP contribution in [-0.4, -0.2) is 70.5 Å². The molecule has 0 aromatic carbocycles. The Kier molecular flexibility index (Phi) is 16.0. The van der Waals surface area contributed by atoms with Gasteiger partial charge in [-0.25, -0.2) is 9.68 Å². The number of aliphatic hydroxyl groups excluding tert-OH is 1. The average Bonchev–Trinajstić information content (AvgIpc) is 3.22. The van der Waals surface area contributed by atoms with E-state index in [2.05, 4.69) is 40.7 Å². The van der Waals surface area contributed by atoms with Crippen LogP contribution in [0.5, 0.6) is 0 Å². The second kappa shape index (κ2) is 18.7. The molecule has 0 aliphatic carbocycles. The third kappa shape index (κ3) is 10.0. The number of carboxylic acid groups (broad SMARTS) is 1. The summed E-state index contributed by atoms with van der Waals surface area (Å²) in [6.45, 7) is 22.2. The predicted molar refractivity (Wildman–Crippen MR) is 191 cm³/mol. The molecule has 0 saturated carbocycles. The summed E-state index contributed by atoms with van der Waals surface area (Å²) in [5.41, 5.74) is 0.510. The molecular weight excluding hydrogens is 624 g/mol. The number of allylic oxidation sites excluding steroid dienone is 2. The molecule has 0 aromatic heterocycles. The van der Waals surface area contributed by atoms with Crippen molar-refractivity contribution < 1.29 is 43.8 Å². The van der Waals surface area contributed by atoms with Crippen LogP contribution >= 0.6 is 0 Å². The van der Waals surface area contributed by atoms with E-state index in [4.69, 9.17) is 24.0 Å². The van der Waals surface area contributed by atoms with E-state index in [0.717, 1.165) is 37.7 Å². The van der Waals surface area contributed by atoms with Gasteiger partial charge in [0.05, 0.1) is 42.2 Å². The number of hydrogen-bond acceptors (Lipinski definition) is 8. The number of rotatable bonds is 16. The molecule has 0 spiro atoms. The highest BCUT2D eigenvalue weighted by Crippen LogP contribution is 2.39. The Morgan fingerprint density at radius 1 is 1.00 bits per heavy atom. The van der Waals surface area contributed by atoms with E-state index in [-0.39, 0.29) is 47.4 Å². The van der Waals surface area contributed by atoms with Crippen LogP contribution in [0.4, 0.5) is 0 Å². The normalized spacial score (nSPS) is 35.3. The van der Waals surface area contributed by atoms with Crippen LogP contribution in [0, 0.1) is 35.5 Å². The number of aliphatic carboxylic acids is 1. The minimum absolute atomic E-state index is 0.0348. The minimum atomic E-state index is -0.973. The van der Waals surface area contributed by atoms with Crippen LogP contribution in [0.3, 0.4) is 0 Å². The largest absolute Gasteiger partial charge is 0.478 e. The SMILES string of the molecule is CCC=C(C(=O)O)C1CC[C@H](C)[C@H]([C@@H](C)[C@H](O)[C@H](C)C(=O)[C@H](CC)C2O[C@@H](OO[C@@](C)(CC)[C@H]3CCC(CC)[C@H](C)O3)C(C)=CC[C@@H]2C)O1. The summed E-state index contributed by atoms with van der Waals surface area (Å²) in [5, 5.41) is 21.5. The molecule has 9 heteroatoms. The van der Waals surface area contributed by atoms with E-state index in [1.807, 2.05) is 34.6 Å². The number of carbonyl (C=O) groups excluding carboxylic acids is 1. The van der Waals surface area contributed by atoms with Gasteiger partial charge in [-0.05, 0) is 95.5 Å². The lowest BCUT2D eigenvalue weighted by Crippen LogP contribution is -2.50. The Bertz CT molecular complexity index is 1130. The smallest absolute Gasteiger partial charge is 0.333 e. The fourth-order valence-electron chi connectivity index (χ4n) is 8.26. The van der Waals surface area contributed by atoms with Crippen molar-refractivity contribution in [2.45, 2.75) is 182 Å². The fraction of sp³-hybridized carbons (Fsp3) is 0.850. The second-order valence-electron chi connectivity index (χ2n) is 15.6. The molecule has 14 atom stereocenters. The molecule has 0 radical (unpaired) electrons. The molecule has 3 heterocycles. The van der Waals surface area contributed by atoms with Crippen molar-refractivity contribution in [1.82, 2.24) is 0 Å². The molecule has 0 amide bonds. The summed E-state index contributed by atoms with van der Waals surface area (Å²) in [7, 11) is 0. The summed E-state index contributed by atoms with van der Waals surface area (Å²) in [5.74, 6) is -1.85. The molecule has 9 nitrogen and oxygen atoms in total. The Morgan fingerprint density at radius 2 is 1.69 bits per heavy atom. The van der Waals surface area contributed by atoms with Crippen molar-refractivity contribution in [3.05, 3.63) is 23.3 Å². The van der Waals surface area contributed by atoms with Gasteiger partial charge in [-0.2, -0.15) is 4.89 Å². The summed E-state index contributed by atoms with van der Waals surface area (Å²) in [4.78, 5) is 38.6. The maximum Gasteiger partial charge on any atom is 0.333 e. The lowest BCUT2D eigenvalue weighted by atomic mass is 9.75. The Balaban J connectivity index is 1.73. The molecule has 0 bridgehead atoms. The molecular formula is C40H68O9. The third-order valence-electron chi connectivity index (χ3n) is 12.1. The number of carbonyl (C=O) groups is 2. The van der Waals surface area contributed by atoms with E-state index >= 15 is 0 Å². The van der Waals surface area contributed by atoms with E-state index < -0.39 is 48.0 Å². The highest BCUT2D eigenvalue weighted by Gasteiger charge is 2.45. The van der Waals surface area contributed by atoms with Crippen molar-refractivity contribution in [2.24, 2.45) is 35.5 Å². The van der Waals surface area contributed by atoms with Crippen molar-refractivity contribution in [2.75, 3.05) is 0 Å². The van der Waals surface area contributed by atoms with Gasteiger partial charge in [-0.15, -0.1) is 0 Å². The van der Waals surface area contributed by atoms with E-state index in [9.17, 15) is 19.8 Å². The highest BCUT2D eigenvalue weighted by molar-refractivity contribution is 5.87. The molecule has 2 N–H and O–H groups in total. The summed E-state index contributed by atoms with van der Waals surface area (Å²) in [6.07, 6.45) is 7.85. The van der Waals surface area contributed by atoms with Crippen LogP contribution in [0.1, 0.15) is 134 Å². The van der Waals surface area contributed by atoms with Gasteiger partial charge in [-0.1, -0.05) is 74.0 Å². The molecule has 3 aliphatic rings. The van der Waals surface area contributed by atoms with Gasteiger partial charge in [0.15, 0.2) is 0 Å². The minimum Gasteiger partial charge on any atom is -0.478 e. The zero-order valence-electron chi connectivity index (χ0n) is 32.3. The van der Waals surface area contributed by atoms with Crippen molar-refractivity contribution in [3.63, 3.8) is 0 Å². The van der Waals surface area contributed by atoms with E-state index in [0.29, 0.717) is 31.6 Å². The first-order chi connectivity index (χ1) is 23.1. The quantitative estimate of drug-likeness (QED) is 0.0713.